The quantitative estimate of drug-likeness (QED) is 0.621. The number of halogens is 1. The Hall–Kier alpha value is -2.79. The van der Waals surface area contributed by atoms with Crippen LogP contribution in [-0.2, 0) is 0 Å². The molecule has 0 spiro atoms. The number of hydrogen-bond donors (Lipinski definition) is 1. The maximum Gasteiger partial charge on any atom is 0.112 e. The first-order chi connectivity index (χ1) is 12.2. The Morgan fingerprint density at radius 1 is 0.840 bits per heavy atom. The molecule has 0 saturated carbocycles. The van der Waals surface area contributed by atoms with Crippen molar-refractivity contribution in [2.24, 2.45) is 0 Å². The van der Waals surface area contributed by atoms with Crippen LogP contribution in [0.2, 0.25) is 5.02 Å². The molecule has 122 valence electrons. The molecular formula is C23H17ClO. The Balaban J connectivity index is 1.98. The van der Waals surface area contributed by atoms with Crippen molar-refractivity contribution in [2.45, 2.75) is 6.10 Å². The van der Waals surface area contributed by atoms with Crippen molar-refractivity contribution in [3.63, 3.8) is 0 Å². The first-order valence-corrected chi connectivity index (χ1v) is 8.37. The highest BCUT2D eigenvalue weighted by molar-refractivity contribution is 6.30. The van der Waals surface area contributed by atoms with Gasteiger partial charge in [0, 0.05) is 16.2 Å². The second kappa shape index (κ2) is 8.35. The van der Waals surface area contributed by atoms with Gasteiger partial charge in [-0.2, -0.15) is 0 Å². The molecule has 0 aromatic heterocycles. The summed E-state index contributed by atoms with van der Waals surface area (Å²) in [5, 5.41) is 11.4. The second-order valence-electron chi connectivity index (χ2n) is 5.58. The summed E-state index contributed by atoms with van der Waals surface area (Å²) >= 11 is 5.91. The standard InChI is InChI=1S/C23H17ClO/c24-22-15-12-18(13-16-22)11-14-21(17-19-7-3-1-4-8-19)23(25)20-9-5-2-6-10-20/h1-10,12-13,15-17,23,25H/b21-17+. The number of benzene rings is 3. The molecule has 0 radical (unpaired) electrons. The summed E-state index contributed by atoms with van der Waals surface area (Å²) < 4.78 is 0. The molecule has 0 aliphatic carbocycles. The maximum atomic E-state index is 10.8. The van der Waals surface area contributed by atoms with Gasteiger partial charge in [-0.15, -0.1) is 0 Å². The first kappa shape index (κ1) is 17.0. The van der Waals surface area contributed by atoms with E-state index < -0.39 is 6.10 Å². The van der Waals surface area contributed by atoms with Gasteiger partial charge in [0.15, 0.2) is 0 Å². The van der Waals surface area contributed by atoms with Gasteiger partial charge >= 0.3 is 0 Å². The number of aliphatic hydroxyl groups excluding tert-OH is 1. The van der Waals surface area contributed by atoms with Crippen molar-refractivity contribution in [1.82, 2.24) is 0 Å². The fraction of sp³-hybridized carbons (Fsp3) is 0.0435. The molecule has 0 aliphatic heterocycles. The van der Waals surface area contributed by atoms with Gasteiger partial charge in [-0.1, -0.05) is 84.1 Å². The minimum Gasteiger partial charge on any atom is -0.383 e. The van der Waals surface area contributed by atoms with Gasteiger partial charge in [-0.05, 0) is 41.5 Å². The van der Waals surface area contributed by atoms with Gasteiger partial charge in [0.25, 0.3) is 0 Å². The normalized spacial score (nSPS) is 12.2. The summed E-state index contributed by atoms with van der Waals surface area (Å²) in [4.78, 5) is 0. The molecule has 1 N–H and O–H groups in total. The third-order valence-corrected chi connectivity index (χ3v) is 3.98. The summed E-state index contributed by atoms with van der Waals surface area (Å²) in [5.74, 6) is 6.23. The number of rotatable bonds is 3. The molecule has 0 bridgehead atoms. The predicted molar refractivity (Wildman–Crippen MR) is 104 cm³/mol. The van der Waals surface area contributed by atoms with Crippen molar-refractivity contribution in [3.05, 3.63) is 112 Å². The van der Waals surface area contributed by atoms with E-state index in [-0.39, 0.29) is 0 Å². The fourth-order valence-corrected chi connectivity index (χ4v) is 2.53. The molecule has 0 fully saturated rings. The Morgan fingerprint density at radius 2 is 1.44 bits per heavy atom. The second-order valence-corrected chi connectivity index (χ2v) is 6.02. The van der Waals surface area contributed by atoms with Crippen LogP contribution < -0.4 is 0 Å². The zero-order valence-electron chi connectivity index (χ0n) is 13.6. The van der Waals surface area contributed by atoms with E-state index in [0.717, 1.165) is 16.7 Å². The monoisotopic (exact) mass is 344 g/mol. The van der Waals surface area contributed by atoms with Gasteiger partial charge < -0.3 is 5.11 Å². The smallest absolute Gasteiger partial charge is 0.112 e. The van der Waals surface area contributed by atoms with Crippen LogP contribution in [0.5, 0.6) is 0 Å². The minimum atomic E-state index is -0.777. The summed E-state index contributed by atoms with van der Waals surface area (Å²) in [5.41, 5.74) is 3.31. The largest absolute Gasteiger partial charge is 0.383 e. The Kier molecular flexibility index (Phi) is 5.69. The molecule has 3 aromatic carbocycles. The van der Waals surface area contributed by atoms with E-state index in [2.05, 4.69) is 11.8 Å². The minimum absolute atomic E-state index is 0.646. The molecule has 1 unspecified atom stereocenters. The molecule has 1 nitrogen and oxygen atoms in total. The van der Waals surface area contributed by atoms with Crippen LogP contribution in [0.3, 0.4) is 0 Å². The zero-order chi connectivity index (χ0) is 17.5. The molecule has 0 amide bonds. The molecule has 3 rings (SSSR count). The third kappa shape index (κ3) is 4.84. The van der Waals surface area contributed by atoms with E-state index in [1.165, 1.54) is 0 Å². The predicted octanol–water partition coefficient (Wildman–Crippen LogP) is 5.51. The molecule has 2 heteroatoms. The average molecular weight is 345 g/mol. The molecule has 0 heterocycles. The highest BCUT2D eigenvalue weighted by Crippen LogP contribution is 2.23. The highest BCUT2D eigenvalue weighted by atomic mass is 35.5. The van der Waals surface area contributed by atoms with Crippen LogP contribution in [0.15, 0.2) is 90.5 Å². The zero-order valence-corrected chi connectivity index (χ0v) is 14.3. The van der Waals surface area contributed by atoms with E-state index in [1.807, 2.05) is 78.9 Å². The van der Waals surface area contributed by atoms with Crippen LogP contribution >= 0.6 is 11.6 Å². The van der Waals surface area contributed by atoms with Crippen molar-refractivity contribution < 1.29 is 5.11 Å². The number of aliphatic hydroxyl groups is 1. The lowest BCUT2D eigenvalue weighted by Crippen LogP contribution is -2.00. The van der Waals surface area contributed by atoms with Crippen LogP contribution in [-0.4, -0.2) is 5.11 Å². The summed E-state index contributed by atoms with van der Waals surface area (Å²) in [6, 6.07) is 26.7. The SMILES string of the molecule is OC(/C(C#Cc1ccc(Cl)cc1)=C/c1ccccc1)c1ccccc1. The van der Waals surface area contributed by atoms with Gasteiger partial charge in [-0.25, -0.2) is 0 Å². The molecular weight excluding hydrogens is 328 g/mol. The van der Waals surface area contributed by atoms with Gasteiger partial charge in [0.1, 0.15) is 6.10 Å². The van der Waals surface area contributed by atoms with E-state index >= 15 is 0 Å². The lowest BCUT2D eigenvalue weighted by molar-refractivity contribution is 0.222. The summed E-state index contributed by atoms with van der Waals surface area (Å²) in [6.45, 7) is 0. The van der Waals surface area contributed by atoms with Gasteiger partial charge in [0.2, 0.25) is 0 Å². The van der Waals surface area contributed by atoms with E-state index in [0.29, 0.717) is 10.6 Å². The third-order valence-electron chi connectivity index (χ3n) is 3.73. The van der Waals surface area contributed by atoms with Crippen molar-refractivity contribution in [2.75, 3.05) is 0 Å². The summed E-state index contributed by atoms with van der Waals surface area (Å²) in [6.07, 6.45) is 1.14. The van der Waals surface area contributed by atoms with Crippen LogP contribution in [0.1, 0.15) is 22.8 Å². The van der Waals surface area contributed by atoms with E-state index in [9.17, 15) is 5.11 Å². The lowest BCUT2D eigenvalue weighted by Gasteiger charge is -2.11. The fourth-order valence-electron chi connectivity index (χ4n) is 2.40. The van der Waals surface area contributed by atoms with Crippen LogP contribution in [0.4, 0.5) is 0 Å². The molecule has 3 aromatic rings. The number of hydrogen-bond acceptors (Lipinski definition) is 1. The van der Waals surface area contributed by atoms with E-state index in [4.69, 9.17) is 11.6 Å². The average Bonchev–Trinajstić information content (AvgIpc) is 2.67. The molecule has 0 aliphatic rings. The first-order valence-electron chi connectivity index (χ1n) is 7.99. The topological polar surface area (TPSA) is 20.2 Å². The highest BCUT2D eigenvalue weighted by Gasteiger charge is 2.11. The lowest BCUT2D eigenvalue weighted by atomic mass is 9.99. The Bertz CT molecular complexity index is 901. The van der Waals surface area contributed by atoms with E-state index in [1.54, 1.807) is 12.1 Å². The molecule has 0 saturated heterocycles. The van der Waals surface area contributed by atoms with Crippen molar-refractivity contribution in [3.8, 4) is 11.8 Å². The Morgan fingerprint density at radius 3 is 2.08 bits per heavy atom. The van der Waals surface area contributed by atoms with Crippen molar-refractivity contribution >= 4 is 17.7 Å². The van der Waals surface area contributed by atoms with Crippen molar-refractivity contribution in [1.29, 1.82) is 0 Å². The Labute approximate surface area is 153 Å². The van der Waals surface area contributed by atoms with Crippen LogP contribution in [0.25, 0.3) is 6.08 Å². The summed E-state index contributed by atoms with van der Waals surface area (Å²) in [7, 11) is 0. The van der Waals surface area contributed by atoms with Gasteiger partial charge in [0.05, 0.1) is 0 Å². The molecule has 25 heavy (non-hydrogen) atoms. The maximum absolute atomic E-state index is 10.8. The van der Waals surface area contributed by atoms with Crippen LogP contribution in [0, 0.1) is 11.8 Å². The molecule has 1 atom stereocenters. The van der Waals surface area contributed by atoms with Gasteiger partial charge in [-0.3, -0.25) is 0 Å².